The van der Waals surface area contributed by atoms with Crippen molar-refractivity contribution in [1.29, 1.82) is 0 Å². The summed E-state index contributed by atoms with van der Waals surface area (Å²) in [5.41, 5.74) is 2.54. The summed E-state index contributed by atoms with van der Waals surface area (Å²) in [7, 11) is 1.69. The highest BCUT2D eigenvalue weighted by Crippen LogP contribution is 2.28. The van der Waals surface area contributed by atoms with Crippen molar-refractivity contribution in [2.45, 2.75) is 38.0 Å². The van der Waals surface area contributed by atoms with E-state index in [9.17, 15) is 4.79 Å². The molecule has 0 radical (unpaired) electrons. The van der Waals surface area contributed by atoms with Crippen LogP contribution in [0.25, 0.3) is 0 Å². The molecular weight excluding hydrogens is 310 g/mol. The fourth-order valence-corrected chi connectivity index (χ4v) is 3.57. The largest absolute Gasteiger partial charge is 0.497 e. The first kappa shape index (κ1) is 17.5. The van der Waals surface area contributed by atoms with Crippen molar-refractivity contribution in [3.8, 4) is 5.75 Å². The number of likely N-dealkylation sites (tertiary alicyclic amines) is 1. The van der Waals surface area contributed by atoms with Gasteiger partial charge < -0.3 is 9.64 Å². The lowest BCUT2D eigenvalue weighted by atomic mass is 9.94. The Kier molecular flexibility index (Phi) is 6.10. The Bertz CT molecular complexity index is 666. The molecule has 2 aromatic rings. The van der Waals surface area contributed by atoms with Gasteiger partial charge in [0.1, 0.15) is 5.75 Å². The molecule has 1 fully saturated rings. The van der Waals surface area contributed by atoms with Gasteiger partial charge >= 0.3 is 0 Å². The molecule has 0 saturated carbocycles. The topological polar surface area (TPSA) is 29.5 Å². The molecule has 132 valence electrons. The highest BCUT2D eigenvalue weighted by molar-refractivity contribution is 5.76. The zero-order chi connectivity index (χ0) is 17.5. The number of benzene rings is 2. The molecule has 1 amide bonds. The average Bonchev–Trinajstić information content (AvgIpc) is 2.93. The summed E-state index contributed by atoms with van der Waals surface area (Å²) in [6, 6.07) is 18.6. The number of methoxy groups -OCH3 is 1. The summed E-state index contributed by atoms with van der Waals surface area (Å²) in [5.74, 6) is 1.59. The molecule has 0 aromatic heterocycles. The number of carbonyl (C=O) groups excluding carboxylic acids is 1. The van der Waals surface area contributed by atoms with Crippen LogP contribution in [0.15, 0.2) is 54.6 Å². The maximum absolute atomic E-state index is 12.7. The van der Waals surface area contributed by atoms with Crippen LogP contribution in [0.3, 0.4) is 0 Å². The van der Waals surface area contributed by atoms with Crippen LogP contribution in [0, 0.1) is 0 Å². The molecule has 3 nitrogen and oxygen atoms in total. The highest BCUT2D eigenvalue weighted by Gasteiger charge is 2.23. The van der Waals surface area contributed by atoms with E-state index in [1.165, 1.54) is 17.5 Å². The Morgan fingerprint density at radius 1 is 1.08 bits per heavy atom. The molecule has 3 heteroatoms. The number of hydrogen-bond donors (Lipinski definition) is 0. The van der Waals surface area contributed by atoms with Gasteiger partial charge in [-0.15, -0.1) is 0 Å². The van der Waals surface area contributed by atoms with Crippen molar-refractivity contribution in [2.24, 2.45) is 0 Å². The summed E-state index contributed by atoms with van der Waals surface area (Å²) in [5, 5.41) is 0. The van der Waals surface area contributed by atoms with Gasteiger partial charge in [-0.1, -0.05) is 48.9 Å². The predicted octanol–water partition coefficient (Wildman–Crippen LogP) is 4.42. The molecule has 0 N–H and O–H groups in total. The van der Waals surface area contributed by atoms with E-state index >= 15 is 0 Å². The summed E-state index contributed by atoms with van der Waals surface area (Å²) in [4.78, 5) is 14.8. The van der Waals surface area contributed by atoms with E-state index in [1.807, 2.05) is 30.3 Å². The van der Waals surface area contributed by atoms with Crippen molar-refractivity contribution in [2.75, 3.05) is 20.2 Å². The number of carbonyl (C=O) groups is 1. The van der Waals surface area contributed by atoms with Crippen LogP contribution in [0.5, 0.6) is 5.75 Å². The van der Waals surface area contributed by atoms with E-state index in [0.717, 1.165) is 38.1 Å². The Hall–Kier alpha value is -2.29. The molecule has 25 heavy (non-hydrogen) atoms. The van der Waals surface area contributed by atoms with Gasteiger partial charge in [0.2, 0.25) is 5.91 Å². The third kappa shape index (κ3) is 4.85. The normalized spacial score (nSPS) is 17.8. The van der Waals surface area contributed by atoms with Crippen LogP contribution in [-0.4, -0.2) is 31.0 Å². The van der Waals surface area contributed by atoms with Crippen LogP contribution < -0.4 is 4.74 Å². The molecular formula is C22H27NO2. The first-order valence-electron chi connectivity index (χ1n) is 9.22. The number of ether oxygens (including phenoxy) is 1. The van der Waals surface area contributed by atoms with Crippen LogP contribution >= 0.6 is 0 Å². The van der Waals surface area contributed by atoms with E-state index < -0.39 is 0 Å². The molecule has 1 unspecified atom stereocenters. The Morgan fingerprint density at radius 2 is 1.84 bits per heavy atom. The SMILES string of the molecule is COc1ccc(C2CCCCN(C(=O)CCc3ccccc3)C2)cc1. The van der Waals surface area contributed by atoms with Crippen LogP contribution in [0.2, 0.25) is 0 Å². The number of aryl methyl sites for hydroxylation is 1. The third-order valence-corrected chi connectivity index (χ3v) is 5.08. The molecule has 0 aliphatic carbocycles. The number of hydrogen-bond acceptors (Lipinski definition) is 2. The Labute approximate surface area is 150 Å². The van der Waals surface area contributed by atoms with Crippen LogP contribution in [0.4, 0.5) is 0 Å². The minimum Gasteiger partial charge on any atom is -0.497 e. The minimum absolute atomic E-state index is 0.282. The summed E-state index contributed by atoms with van der Waals surface area (Å²) in [6.07, 6.45) is 4.85. The fourth-order valence-electron chi connectivity index (χ4n) is 3.57. The molecule has 0 spiro atoms. The second-order valence-electron chi connectivity index (χ2n) is 6.79. The van der Waals surface area contributed by atoms with Crippen molar-refractivity contribution >= 4 is 5.91 Å². The van der Waals surface area contributed by atoms with Gasteiger partial charge in [0.15, 0.2) is 0 Å². The quantitative estimate of drug-likeness (QED) is 0.808. The van der Waals surface area contributed by atoms with Gasteiger partial charge in [-0.3, -0.25) is 4.79 Å². The van der Waals surface area contributed by atoms with E-state index in [-0.39, 0.29) is 5.91 Å². The molecule has 1 atom stereocenters. The maximum atomic E-state index is 12.7. The van der Waals surface area contributed by atoms with E-state index in [0.29, 0.717) is 12.3 Å². The molecule has 3 rings (SSSR count). The van der Waals surface area contributed by atoms with Crippen molar-refractivity contribution in [3.63, 3.8) is 0 Å². The van der Waals surface area contributed by atoms with Crippen molar-refractivity contribution < 1.29 is 9.53 Å². The van der Waals surface area contributed by atoms with Crippen molar-refractivity contribution in [3.05, 3.63) is 65.7 Å². The molecule has 0 bridgehead atoms. The summed E-state index contributed by atoms with van der Waals surface area (Å²) in [6.45, 7) is 1.72. The van der Waals surface area contributed by atoms with E-state index in [2.05, 4.69) is 29.2 Å². The van der Waals surface area contributed by atoms with Gasteiger partial charge in [-0.25, -0.2) is 0 Å². The van der Waals surface area contributed by atoms with Gasteiger partial charge in [0, 0.05) is 25.4 Å². The monoisotopic (exact) mass is 337 g/mol. The fraction of sp³-hybridized carbons (Fsp3) is 0.409. The molecule has 1 saturated heterocycles. The van der Waals surface area contributed by atoms with E-state index in [1.54, 1.807) is 7.11 Å². The standard InChI is InChI=1S/C22H27NO2/c1-25-21-13-11-19(12-14-21)20-9-5-6-16-23(17-20)22(24)15-10-18-7-3-2-4-8-18/h2-4,7-8,11-14,20H,5-6,9-10,15-17H2,1H3. The maximum Gasteiger partial charge on any atom is 0.222 e. The Balaban J connectivity index is 1.61. The van der Waals surface area contributed by atoms with Gasteiger partial charge in [-0.05, 0) is 42.5 Å². The molecule has 1 aliphatic rings. The lowest BCUT2D eigenvalue weighted by Crippen LogP contribution is -2.34. The predicted molar refractivity (Wildman–Crippen MR) is 101 cm³/mol. The van der Waals surface area contributed by atoms with Crippen LogP contribution in [0.1, 0.15) is 42.7 Å². The van der Waals surface area contributed by atoms with Gasteiger partial charge in [-0.2, -0.15) is 0 Å². The first-order valence-corrected chi connectivity index (χ1v) is 9.22. The molecule has 2 aromatic carbocycles. The summed E-state index contributed by atoms with van der Waals surface area (Å²) >= 11 is 0. The van der Waals surface area contributed by atoms with Crippen molar-refractivity contribution in [1.82, 2.24) is 4.90 Å². The molecule has 1 aliphatic heterocycles. The lowest BCUT2D eigenvalue weighted by Gasteiger charge is -2.25. The zero-order valence-corrected chi connectivity index (χ0v) is 15.0. The van der Waals surface area contributed by atoms with Gasteiger partial charge in [0.25, 0.3) is 0 Å². The minimum atomic E-state index is 0.282. The second kappa shape index (κ2) is 8.70. The smallest absolute Gasteiger partial charge is 0.222 e. The lowest BCUT2D eigenvalue weighted by molar-refractivity contribution is -0.131. The number of rotatable bonds is 5. The van der Waals surface area contributed by atoms with E-state index in [4.69, 9.17) is 4.74 Å². The highest BCUT2D eigenvalue weighted by atomic mass is 16.5. The molecule has 1 heterocycles. The second-order valence-corrected chi connectivity index (χ2v) is 6.79. The third-order valence-electron chi connectivity index (χ3n) is 5.08. The summed E-state index contributed by atoms with van der Waals surface area (Å²) < 4.78 is 5.25. The first-order chi connectivity index (χ1) is 12.3. The number of nitrogens with zero attached hydrogens (tertiary/aromatic N) is 1. The van der Waals surface area contributed by atoms with Gasteiger partial charge in [0.05, 0.1) is 7.11 Å². The Morgan fingerprint density at radius 3 is 2.56 bits per heavy atom. The average molecular weight is 337 g/mol. The van der Waals surface area contributed by atoms with Crippen LogP contribution in [-0.2, 0) is 11.2 Å². The zero-order valence-electron chi connectivity index (χ0n) is 15.0. The number of amides is 1.